The van der Waals surface area contributed by atoms with E-state index in [0.29, 0.717) is 6.54 Å². The summed E-state index contributed by atoms with van der Waals surface area (Å²) in [6.07, 6.45) is -4.46. The van der Waals surface area contributed by atoms with Crippen LogP contribution >= 0.6 is 0 Å². The van der Waals surface area contributed by atoms with E-state index >= 15 is 0 Å². The fourth-order valence-corrected chi connectivity index (χ4v) is 1.34. The first-order valence-electron chi connectivity index (χ1n) is 5.64. The molecule has 0 aliphatic heterocycles. The summed E-state index contributed by atoms with van der Waals surface area (Å²) in [6, 6.07) is 1.76. The SMILES string of the molecule is CCNC(=O)CNc1cc(C(F)(F)F)cc(NC)n1. The molecular formula is C11H15F3N4O. The quantitative estimate of drug-likeness (QED) is 0.765. The second kappa shape index (κ2) is 6.26. The Hall–Kier alpha value is -1.99. The predicted molar refractivity (Wildman–Crippen MR) is 66.0 cm³/mol. The number of carbonyl (C=O) groups excluding carboxylic acids is 1. The molecule has 0 aliphatic carbocycles. The molecule has 0 bridgehead atoms. The van der Waals surface area contributed by atoms with Gasteiger partial charge in [-0.2, -0.15) is 13.2 Å². The lowest BCUT2D eigenvalue weighted by Crippen LogP contribution is -2.29. The Morgan fingerprint density at radius 3 is 2.47 bits per heavy atom. The van der Waals surface area contributed by atoms with Crippen LogP contribution < -0.4 is 16.0 Å². The van der Waals surface area contributed by atoms with Crippen LogP contribution in [-0.4, -0.2) is 31.0 Å². The first kappa shape index (κ1) is 15.1. The molecule has 1 aromatic rings. The molecule has 0 saturated carbocycles. The fraction of sp³-hybridized carbons (Fsp3) is 0.455. The Morgan fingerprint density at radius 1 is 1.32 bits per heavy atom. The number of halogens is 3. The predicted octanol–water partition coefficient (Wildman–Crippen LogP) is 1.69. The van der Waals surface area contributed by atoms with Crippen molar-refractivity contribution < 1.29 is 18.0 Å². The van der Waals surface area contributed by atoms with Gasteiger partial charge in [-0.15, -0.1) is 0 Å². The van der Waals surface area contributed by atoms with Crippen LogP contribution in [0.1, 0.15) is 12.5 Å². The molecule has 0 aliphatic rings. The Balaban J connectivity index is 2.86. The highest BCUT2D eigenvalue weighted by atomic mass is 19.4. The van der Waals surface area contributed by atoms with E-state index in [9.17, 15) is 18.0 Å². The molecule has 0 unspecified atom stereocenters. The van der Waals surface area contributed by atoms with E-state index < -0.39 is 11.7 Å². The van der Waals surface area contributed by atoms with Crippen LogP contribution in [0.5, 0.6) is 0 Å². The van der Waals surface area contributed by atoms with E-state index in [4.69, 9.17) is 0 Å². The number of pyridine rings is 1. The third-order valence-electron chi connectivity index (χ3n) is 2.21. The Bertz CT molecular complexity index is 448. The Kier molecular flexibility index (Phi) is 4.96. The standard InChI is InChI=1S/C11H15F3N4O/c1-3-16-10(19)6-17-9-5-7(11(12,13)14)4-8(15-2)18-9/h4-5H,3,6H2,1-2H3,(H,16,19)(H2,15,17,18). The lowest BCUT2D eigenvalue weighted by molar-refractivity contribution is -0.137. The average Bonchev–Trinajstić information content (AvgIpc) is 2.35. The van der Waals surface area contributed by atoms with Crippen molar-refractivity contribution in [2.45, 2.75) is 13.1 Å². The molecule has 1 amide bonds. The van der Waals surface area contributed by atoms with Gasteiger partial charge >= 0.3 is 6.18 Å². The van der Waals surface area contributed by atoms with E-state index in [-0.39, 0.29) is 24.1 Å². The molecule has 0 aromatic carbocycles. The van der Waals surface area contributed by atoms with Gasteiger partial charge in [0.15, 0.2) is 0 Å². The molecule has 0 spiro atoms. The van der Waals surface area contributed by atoms with Gasteiger partial charge in [0, 0.05) is 13.6 Å². The number of nitrogens with zero attached hydrogens (tertiary/aromatic N) is 1. The van der Waals surface area contributed by atoms with E-state index in [0.717, 1.165) is 12.1 Å². The van der Waals surface area contributed by atoms with Crippen LogP contribution in [0.15, 0.2) is 12.1 Å². The lowest BCUT2D eigenvalue weighted by atomic mass is 10.2. The lowest BCUT2D eigenvalue weighted by Gasteiger charge is -2.12. The van der Waals surface area contributed by atoms with Crippen molar-refractivity contribution in [1.82, 2.24) is 10.3 Å². The number of likely N-dealkylation sites (N-methyl/N-ethyl adjacent to an activating group) is 1. The van der Waals surface area contributed by atoms with E-state index in [1.807, 2.05) is 0 Å². The number of hydrogen-bond donors (Lipinski definition) is 3. The van der Waals surface area contributed by atoms with E-state index in [2.05, 4.69) is 20.9 Å². The third-order valence-corrected chi connectivity index (χ3v) is 2.21. The van der Waals surface area contributed by atoms with Gasteiger partial charge in [0.05, 0.1) is 12.1 Å². The highest BCUT2D eigenvalue weighted by Gasteiger charge is 2.31. The van der Waals surface area contributed by atoms with Crippen molar-refractivity contribution in [2.24, 2.45) is 0 Å². The van der Waals surface area contributed by atoms with E-state index in [1.165, 1.54) is 7.05 Å². The molecule has 19 heavy (non-hydrogen) atoms. The first-order valence-corrected chi connectivity index (χ1v) is 5.64. The van der Waals surface area contributed by atoms with Crippen LogP contribution in [0.25, 0.3) is 0 Å². The van der Waals surface area contributed by atoms with Gasteiger partial charge in [0.1, 0.15) is 11.6 Å². The summed E-state index contributed by atoms with van der Waals surface area (Å²) >= 11 is 0. The minimum atomic E-state index is -4.46. The van der Waals surface area contributed by atoms with Crippen molar-refractivity contribution in [3.05, 3.63) is 17.7 Å². The summed E-state index contributed by atoms with van der Waals surface area (Å²) in [4.78, 5) is 15.1. The number of rotatable bonds is 5. The summed E-state index contributed by atoms with van der Waals surface area (Å²) in [5.41, 5.74) is -0.828. The van der Waals surface area contributed by atoms with Crippen molar-refractivity contribution in [2.75, 3.05) is 30.8 Å². The molecule has 8 heteroatoms. The monoisotopic (exact) mass is 276 g/mol. The second-order valence-electron chi connectivity index (χ2n) is 3.68. The largest absolute Gasteiger partial charge is 0.416 e. The third kappa shape index (κ3) is 4.65. The van der Waals surface area contributed by atoms with Crippen LogP contribution in [0.4, 0.5) is 24.8 Å². The van der Waals surface area contributed by atoms with Gasteiger partial charge in [-0.1, -0.05) is 0 Å². The average molecular weight is 276 g/mol. The number of amides is 1. The molecular weight excluding hydrogens is 261 g/mol. The van der Waals surface area contributed by atoms with Crippen molar-refractivity contribution >= 4 is 17.5 Å². The van der Waals surface area contributed by atoms with Crippen molar-refractivity contribution in [1.29, 1.82) is 0 Å². The molecule has 0 saturated heterocycles. The number of aromatic nitrogens is 1. The summed E-state index contributed by atoms with van der Waals surface area (Å²) < 4.78 is 37.9. The zero-order valence-electron chi connectivity index (χ0n) is 10.6. The van der Waals surface area contributed by atoms with Crippen LogP contribution in [-0.2, 0) is 11.0 Å². The number of nitrogens with one attached hydrogen (secondary N) is 3. The smallest absolute Gasteiger partial charge is 0.373 e. The molecule has 5 nitrogen and oxygen atoms in total. The summed E-state index contributed by atoms with van der Waals surface area (Å²) in [6.45, 7) is 2.07. The Morgan fingerprint density at radius 2 is 1.95 bits per heavy atom. The minimum Gasteiger partial charge on any atom is -0.373 e. The van der Waals surface area contributed by atoms with Crippen LogP contribution in [0.2, 0.25) is 0 Å². The van der Waals surface area contributed by atoms with E-state index in [1.54, 1.807) is 6.92 Å². The number of anilines is 2. The molecule has 0 atom stereocenters. The summed E-state index contributed by atoms with van der Waals surface area (Å²) in [7, 11) is 1.47. The topological polar surface area (TPSA) is 66.1 Å². The van der Waals surface area contributed by atoms with Gasteiger partial charge in [-0.3, -0.25) is 4.79 Å². The summed E-state index contributed by atoms with van der Waals surface area (Å²) in [5, 5.41) is 7.62. The number of carbonyl (C=O) groups is 1. The van der Waals surface area contributed by atoms with Gasteiger partial charge in [-0.25, -0.2) is 4.98 Å². The van der Waals surface area contributed by atoms with Crippen molar-refractivity contribution in [3.8, 4) is 0 Å². The second-order valence-corrected chi connectivity index (χ2v) is 3.68. The van der Waals surface area contributed by atoms with Gasteiger partial charge in [0.2, 0.25) is 5.91 Å². The maximum absolute atomic E-state index is 12.6. The fourth-order valence-electron chi connectivity index (χ4n) is 1.34. The molecule has 1 rings (SSSR count). The Labute approximate surface area is 108 Å². The maximum Gasteiger partial charge on any atom is 0.416 e. The molecule has 0 radical (unpaired) electrons. The maximum atomic E-state index is 12.6. The zero-order valence-corrected chi connectivity index (χ0v) is 10.6. The van der Waals surface area contributed by atoms with Crippen LogP contribution in [0, 0.1) is 0 Å². The molecule has 106 valence electrons. The molecule has 1 aromatic heterocycles. The molecule has 1 heterocycles. The molecule has 0 fully saturated rings. The zero-order chi connectivity index (χ0) is 14.5. The number of alkyl halides is 3. The van der Waals surface area contributed by atoms with Crippen molar-refractivity contribution in [3.63, 3.8) is 0 Å². The number of hydrogen-bond acceptors (Lipinski definition) is 4. The van der Waals surface area contributed by atoms with Crippen LogP contribution in [0.3, 0.4) is 0 Å². The highest BCUT2D eigenvalue weighted by Crippen LogP contribution is 2.31. The first-order chi connectivity index (χ1) is 8.86. The normalized spacial score (nSPS) is 11.0. The summed E-state index contributed by atoms with van der Waals surface area (Å²) in [5.74, 6) is -0.244. The van der Waals surface area contributed by atoms with Gasteiger partial charge in [-0.05, 0) is 19.1 Å². The minimum absolute atomic E-state index is 0.00886. The molecule has 3 N–H and O–H groups in total. The van der Waals surface area contributed by atoms with Gasteiger partial charge in [0.25, 0.3) is 0 Å². The highest BCUT2D eigenvalue weighted by molar-refractivity contribution is 5.80. The van der Waals surface area contributed by atoms with Gasteiger partial charge < -0.3 is 16.0 Å².